The number of nitrogens with zero attached hydrogens (tertiary/aromatic N) is 4. The highest BCUT2D eigenvalue weighted by Crippen LogP contribution is 2.41. The van der Waals surface area contributed by atoms with E-state index >= 15 is 0 Å². The summed E-state index contributed by atoms with van der Waals surface area (Å²) >= 11 is 0. The van der Waals surface area contributed by atoms with Crippen molar-refractivity contribution in [1.29, 1.82) is 0 Å². The van der Waals surface area contributed by atoms with E-state index in [1.54, 1.807) is 55.4 Å². The topological polar surface area (TPSA) is 200 Å². The van der Waals surface area contributed by atoms with Crippen LogP contribution in [0.4, 0.5) is 5.82 Å². The van der Waals surface area contributed by atoms with Crippen LogP contribution in [0.5, 0.6) is 0 Å². The maximum absolute atomic E-state index is 13.3. The molecule has 0 spiro atoms. The third-order valence-corrected chi connectivity index (χ3v) is 6.52. The summed E-state index contributed by atoms with van der Waals surface area (Å²) in [7, 11) is -4.43. The minimum absolute atomic E-state index is 0.00151. The van der Waals surface area contributed by atoms with Crippen LogP contribution in [0.15, 0.2) is 0 Å². The first-order valence-electron chi connectivity index (χ1n) is 12.0. The van der Waals surface area contributed by atoms with Crippen molar-refractivity contribution in [3.05, 3.63) is 11.6 Å². The number of hydrogen-bond donors (Lipinski definition) is 4. The highest BCUT2D eigenvalue weighted by molar-refractivity contribution is 7.51. The van der Waals surface area contributed by atoms with Crippen molar-refractivity contribution >= 4 is 36.5 Å². The average Bonchev–Trinajstić information content (AvgIpc) is 3.11. The lowest BCUT2D eigenvalue weighted by molar-refractivity contribution is -0.00147. The summed E-state index contributed by atoms with van der Waals surface area (Å²) < 4.78 is 23.8. The van der Waals surface area contributed by atoms with Gasteiger partial charge in [0.05, 0.1) is 17.8 Å². The third-order valence-electron chi connectivity index (χ3n) is 5.68. The van der Waals surface area contributed by atoms with E-state index in [9.17, 15) is 29.0 Å². The second kappa shape index (κ2) is 10.6. The van der Waals surface area contributed by atoms with E-state index < -0.39 is 48.5 Å². The van der Waals surface area contributed by atoms with E-state index in [2.05, 4.69) is 15.0 Å². The molecule has 0 saturated heterocycles. The second-order valence-corrected chi connectivity index (χ2v) is 12.7. The molecule has 0 aliphatic carbocycles. The molecule has 1 atom stereocenters. The number of anilines is 1. The van der Waals surface area contributed by atoms with Gasteiger partial charge in [0.15, 0.2) is 17.0 Å². The normalized spacial score (nSPS) is 14.0. The standard InChI is InChI=1S/C23H38N5O8P/c1-9-23(10-2,13(29)11-12-37(32,33)34)28-17-14(25-18(28)20(31)36-22(6,7)8)15(24)26-16(27-17)19(30)35-21(3,4)5/h13,29H,9-12H2,1-8H3,(H2,24,26,27)(H2,32,33,34)/t13-/m0/s1. The highest BCUT2D eigenvalue weighted by Gasteiger charge is 2.43. The first-order chi connectivity index (χ1) is 16.7. The molecule has 2 rings (SSSR count). The number of carbonyl (C=O) groups excluding carboxylic acids is 2. The molecule has 0 fully saturated rings. The number of nitrogens with two attached hydrogens (primary N) is 1. The van der Waals surface area contributed by atoms with E-state index in [4.69, 9.17) is 15.2 Å². The average molecular weight is 544 g/mol. The van der Waals surface area contributed by atoms with Crippen LogP contribution in [0.2, 0.25) is 0 Å². The summed E-state index contributed by atoms with van der Waals surface area (Å²) in [6, 6.07) is 0. The predicted octanol–water partition coefficient (Wildman–Crippen LogP) is 2.76. The van der Waals surface area contributed by atoms with Crippen molar-refractivity contribution in [2.24, 2.45) is 0 Å². The molecule has 2 aromatic heterocycles. The van der Waals surface area contributed by atoms with Gasteiger partial charge in [0, 0.05) is 0 Å². The molecular weight excluding hydrogens is 505 g/mol. The fraction of sp³-hybridized carbons (Fsp3) is 0.696. The molecule has 0 unspecified atom stereocenters. The summed E-state index contributed by atoms with van der Waals surface area (Å²) in [6.07, 6.45) is -1.78. The van der Waals surface area contributed by atoms with E-state index in [-0.39, 0.29) is 47.9 Å². The number of fused-ring (bicyclic) bond motifs is 1. The number of hydrogen-bond acceptors (Lipinski definition) is 10. The first kappa shape index (κ1) is 30.6. The van der Waals surface area contributed by atoms with Gasteiger partial charge in [0.1, 0.15) is 11.2 Å². The van der Waals surface area contributed by atoms with Gasteiger partial charge in [-0.25, -0.2) is 24.5 Å². The summed E-state index contributed by atoms with van der Waals surface area (Å²) in [6.45, 7) is 13.5. The van der Waals surface area contributed by atoms with Crippen LogP contribution in [-0.2, 0) is 19.6 Å². The van der Waals surface area contributed by atoms with Gasteiger partial charge in [0.25, 0.3) is 0 Å². The molecular formula is C23H38N5O8P. The predicted molar refractivity (Wildman–Crippen MR) is 136 cm³/mol. The van der Waals surface area contributed by atoms with Crippen LogP contribution in [0.3, 0.4) is 0 Å². The van der Waals surface area contributed by atoms with Crippen molar-refractivity contribution in [1.82, 2.24) is 19.5 Å². The first-order valence-corrected chi connectivity index (χ1v) is 13.8. The van der Waals surface area contributed by atoms with Gasteiger partial charge in [-0.15, -0.1) is 0 Å². The Kier molecular flexibility index (Phi) is 8.81. The molecule has 0 aliphatic heterocycles. The smallest absolute Gasteiger partial charge is 0.377 e. The van der Waals surface area contributed by atoms with Crippen molar-refractivity contribution < 1.29 is 38.5 Å². The van der Waals surface area contributed by atoms with E-state index in [1.807, 2.05) is 0 Å². The zero-order valence-corrected chi connectivity index (χ0v) is 23.5. The minimum Gasteiger partial charge on any atom is -0.454 e. The lowest BCUT2D eigenvalue weighted by Gasteiger charge is -2.39. The molecule has 0 aliphatic rings. The van der Waals surface area contributed by atoms with Crippen LogP contribution < -0.4 is 5.73 Å². The summed E-state index contributed by atoms with van der Waals surface area (Å²) in [5.41, 5.74) is 3.06. The van der Waals surface area contributed by atoms with Crippen LogP contribution in [0.25, 0.3) is 11.2 Å². The van der Waals surface area contributed by atoms with Crippen LogP contribution in [0, 0.1) is 0 Å². The van der Waals surface area contributed by atoms with Gasteiger partial charge in [-0.3, -0.25) is 9.13 Å². The Balaban J connectivity index is 2.89. The van der Waals surface area contributed by atoms with Crippen molar-refractivity contribution in [2.45, 2.75) is 97.5 Å². The highest BCUT2D eigenvalue weighted by atomic mass is 31.2. The van der Waals surface area contributed by atoms with E-state index in [0.717, 1.165) is 0 Å². The molecule has 14 heteroatoms. The second-order valence-electron chi connectivity index (χ2n) is 10.9. The monoisotopic (exact) mass is 543 g/mol. The van der Waals surface area contributed by atoms with Crippen molar-refractivity contribution in [3.63, 3.8) is 0 Å². The van der Waals surface area contributed by atoms with Crippen molar-refractivity contribution in [2.75, 3.05) is 11.9 Å². The van der Waals surface area contributed by atoms with Gasteiger partial charge >= 0.3 is 19.5 Å². The lowest BCUT2D eigenvalue weighted by atomic mass is 9.84. The Morgan fingerprint density at radius 2 is 1.49 bits per heavy atom. The molecule has 0 aromatic carbocycles. The Hall–Kier alpha value is -2.60. The maximum Gasteiger partial charge on any atom is 0.377 e. The maximum atomic E-state index is 13.3. The Bertz CT molecular complexity index is 1200. The summed E-state index contributed by atoms with van der Waals surface area (Å²) in [5, 5.41) is 11.3. The number of ether oxygens (including phenoxy) is 2. The zero-order valence-electron chi connectivity index (χ0n) is 22.6. The quantitative estimate of drug-likeness (QED) is 0.267. The molecule has 0 amide bonds. The van der Waals surface area contributed by atoms with Crippen LogP contribution in [-0.4, -0.2) is 69.8 Å². The molecule has 2 aromatic rings. The number of carbonyl (C=O) groups is 2. The fourth-order valence-electron chi connectivity index (χ4n) is 4.02. The molecule has 0 bridgehead atoms. The molecule has 0 radical (unpaired) electrons. The number of rotatable bonds is 9. The number of imidazole rings is 1. The molecule has 0 saturated carbocycles. The summed E-state index contributed by atoms with van der Waals surface area (Å²) in [4.78, 5) is 57.6. The number of aliphatic hydroxyl groups is 1. The molecule has 37 heavy (non-hydrogen) atoms. The van der Waals surface area contributed by atoms with Gasteiger partial charge in [-0.2, -0.15) is 0 Å². The Morgan fingerprint density at radius 3 is 1.95 bits per heavy atom. The van der Waals surface area contributed by atoms with Gasteiger partial charge in [0.2, 0.25) is 11.6 Å². The molecule has 13 nitrogen and oxygen atoms in total. The molecule has 2 heterocycles. The third kappa shape index (κ3) is 7.25. The number of esters is 2. The zero-order chi connectivity index (χ0) is 28.6. The largest absolute Gasteiger partial charge is 0.454 e. The number of nitrogen functional groups attached to an aromatic ring is 1. The number of aliphatic hydroxyl groups excluding tert-OH is 1. The molecule has 208 valence electrons. The van der Waals surface area contributed by atoms with Crippen LogP contribution >= 0.6 is 7.60 Å². The van der Waals surface area contributed by atoms with Gasteiger partial charge in [-0.05, 0) is 60.8 Å². The Morgan fingerprint density at radius 1 is 0.973 bits per heavy atom. The Labute approximate surface area is 215 Å². The van der Waals surface area contributed by atoms with E-state index in [1.165, 1.54) is 4.57 Å². The lowest BCUT2D eigenvalue weighted by Crippen LogP contribution is -2.46. The summed E-state index contributed by atoms with van der Waals surface area (Å²) in [5.74, 6) is -2.50. The van der Waals surface area contributed by atoms with Crippen molar-refractivity contribution in [3.8, 4) is 0 Å². The van der Waals surface area contributed by atoms with Gasteiger partial charge < -0.3 is 30.1 Å². The SMILES string of the molecule is CCC(CC)([C@@H](O)CCP(=O)(O)O)n1c(C(=O)OC(C)(C)C)nc2c(N)nc(C(=O)OC(C)(C)C)nc21. The van der Waals surface area contributed by atoms with Gasteiger partial charge in [-0.1, -0.05) is 13.8 Å². The minimum atomic E-state index is -4.43. The fourth-order valence-corrected chi connectivity index (χ4v) is 4.60. The number of aromatic nitrogens is 4. The molecule has 5 N–H and O–H groups in total. The van der Waals surface area contributed by atoms with E-state index in [0.29, 0.717) is 0 Å². The van der Waals surface area contributed by atoms with Crippen LogP contribution in [0.1, 0.15) is 95.9 Å².